The van der Waals surface area contributed by atoms with Gasteiger partial charge >= 0.3 is 5.97 Å². The highest BCUT2D eigenvalue weighted by atomic mass is 79.9. The quantitative estimate of drug-likeness (QED) is 0.697. The summed E-state index contributed by atoms with van der Waals surface area (Å²) in [7, 11) is 1.55. The van der Waals surface area contributed by atoms with Gasteiger partial charge in [-0.1, -0.05) is 15.9 Å². The van der Waals surface area contributed by atoms with E-state index in [1.807, 2.05) is 0 Å². The Morgan fingerprint density at radius 1 is 1.54 bits per heavy atom. The summed E-state index contributed by atoms with van der Waals surface area (Å²) < 4.78 is 0.529. The van der Waals surface area contributed by atoms with Crippen LogP contribution in [-0.2, 0) is 0 Å². The molecule has 70 valence electrons. The average Bonchev–Trinajstić information content (AvgIpc) is 2.02. The molecule has 0 fully saturated rings. The van der Waals surface area contributed by atoms with E-state index in [1.165, 1.54) is 12.1 Å². The Labute approximate surface area is 83.3 Å². The third-order valence-corrected chi connectivity index (χ3v) is 2.02. The van der Waals surface area contributed by atoms with Crippen LogP contribution in [0.4, 0.5) is 5.69 Å². The molecule has 0 radical (unpaired) electrons. The zero-order valence-corrected chi connectivity index (χ0v) is 8.42. The number of aromatic carboxylic acids is 1. The van der Waals surface area contributed by atoms with Crippen LogP contribution in [0.15, 0.2) is 16.6 Å². The number of anilines is 1. The molecule has 13 heavy (non-hydrogen) atoms. The van der Waals surface area contributed by atoms with Crippen molar-refractivity contribution in [2.45, 2.75) is 0 Å². The van der Waals surface area contributed by atoms with Crippen LogP contribution in [0, 0.1) is 0 Å². The second kappa shape index (κ2) is 3.66. The molecule has 0 bridgehead atoms. The molecule has 0 heterocycles. The van der Waals surface area contributed by atoms with E-state index in [0.29, 0.717) is 4.47 Å². The zero-order chi connectivity index (χ0) is 10.0. The van der Waals surface area contributed by atoms with E-state index in [-0.39, 0.29) is 17.0 Å². The van der Waals surface area contributed by atoms with Crippen LogP contribution >= 0.6 is 15.9 Å². The molecule has 0 aliphatic heterocycles. The van der Waals surface area contributed by atoms with Gasteiger partial charge in [0.05, 0.1) is 11.3 Å². The molecule has 0 saturated carbocycles. The Bertz CT molecular complexity index is 351. The Morgan fingerprint density at radius 3 is 2.62 bits per heavy atom. The fraction of sp³-hybridized carbons (Fsp3) is 0.125. The maximum atomic E-state index is 10.7. The minimum absolute atomic E-state index is 0.0365. The molecule has 3 N–H and O–H groups in total. The molecule has 1 aromatic carbocycles. The number of carboxylic acid groups (broad SMARTS) is 1. The highest BCUT2D eigenvalue weighted by Gasteiger charge is 2.13. The van der Waals surface area contributed by atoms with Gasteiger partial charge in [0.2, 0.25) is 0 Å². The normalized spacial score (nSPS) is 9.69. The molecule has 0 saturated heterocycles. The van der Waals surface area contributed by atoms with Gasteiger partial charge in [0, 0.05) is 11.5 Å². The van der Waals surface area contributed by atoms with Crippen LogP contribution in [0.5, 0.6) is 5.75 Å². The van der Waals surface area contributed by atoms with Crippen molar-refractivity contribution in [3.8, 4) is 5.75 Å². The number of hydrogen-bond acceptors (Lipinski definition) is 3. The van der Waals surface area contributed by atoms with Gasteiger partial charge in [0.15, 0.2) is 0 Å². The summed E-state index contributed by atoms with van der Waals surface area (Å²) in [5, 5.41) is 20.8. The van der Waals surface area contributed by atoms with Gasteiger partial charge in [-0.25, -0.2) is 4.79 Å². The zero-order valence-electron chi connectivity index (χ0n) is 6.84. The van der Waals surface area contributed by atoms with Crippen molar-refractivity contribution < 1.29 is 15.0 Å². The van der Waals surface area contributed by atoms with Crippen molar-refractivity contribution in [2.75, 3.05) is 12.4 Å². The molecule has 0 spiro atoms. The van der Waals surface area contributed by atoms with Crippen LogP contribution in [0.2, 0.25) is 0 Å². The molecule has 1 rings (SSSR count). The number of rotatable bonds is 2. The largest absolute Gasteiger partial charge is 0.506 e. The predicted molar refractivity (Wildman–Crippen MR) is 52.3 cm³/mol. The van der Waals surface area contributed by atoms with Gasteiger partial charge < -0.3 is 15.5 Å². The number of carbonyl (C=O) groups is 1. The maximum Gasteiger partial charge on any atom is 0.337 e. The molecule has 4 nitrogen and oxygen atoms in total. The van der Waals surface area contributed by atoms with Crippen molar-refractivity contribution in [3.05, 3.63) is 22.2 Å². The van der Waals surface area contributed by atoms with E-state index in [9.17, 15) is 9.90 Å². The first-order chi connectivity index (χ1) is 6.06. The topological polar surface area (TPSA) is 69.6 Å². The van der Waals surface area contributed by atoms with Crippen LogP contribution < -0.4 is 5.32 Å². The minimum atomic E-state index is -1.08. The van der Waals surface area contributed by atoms with Gasteiger partial charge in [-0.2, -0.15) is 0 Å². The van der Waals surface area contributed by atoms with Crippen LogP contribution in [0.3, 0.4) is 0 Å². The molecule has 0 amide bonds. The number of phenolic OH excluding ortho intramolecular Hbond substituents is 1. The van der Waals surface area contributed by atoms with E-state index in [0.717, 1.165) is 0 Å². The monoisotopic (exact) mass is 245 g/mol. The predicted octanol–water partition coefficient (Wildman–Crippen LogP) is 1.89. The van der Waals surface area contributed by atoms with Crippen molar-refractivity contribution in [2.24, 2.45) is 0 Å². The molecule has 1 aromatic rings. The lowest BCUT2D eigenvalue weighted by Gasteiger charge is -2.07. The van der Waals surface area contributed by atoms with Crippen molar-refractivity contribution in [1.82, 2.24) is 0 Å². The minimum Gasteiger partial charge on any atom is -0.506 e. The van der Waals surface area contributed by atoms with E-state index < -0.39 is 5.97 Å². The lowest BCUT2D eigenvalue weighted by Crippen LogP contribution is -2.02. The number of carboxylic acids is 1. The number of halogens is 1. The Balaban J connectivity index is 3.38. The average molecular weight is 246 g/mol. The summed E-state index contributed by atoms with van der Waals surface area (Å²) in [6, 6.07) is 2.85. The van der Waals surface area contributed by atoms with E-state index in [1.54, 1.807) is 7.05 Å². The fourth-order valence-electron chi connectivity index (χ4n) is 1.02. The van der Waals surface area contributed by atoms with E-state index in [2.05, 4.69) is 21.2 Å². The molecule has 5 heteroatoms. The Morgan fingerprint density at radius 2 is 2.15 bits per heavy atom. The van der Waals surface area contributed by atoms with E-state index >= 15 is 0 Å². The van der Waals surface area contributed by atoms with Crippen LogP contribution in [0.25, 0.3) is 0 Å². The highest BCUT2D eigenvalue weighted by Crippen LogP contribution is 2.31. The number of benzene rings is 1. The van der Waals surface area contributed by atoms with Crippen molar-refractivity contribution >= 4 is 27.6 Å². The second-order valence-corrected chi connectivity index (χ2v) is 3.32. The van der Waals surface area contributed by atoms with Crippen LogP contribution in [0.1, 0.15) is 10.4 Å². The van der Waals surface area contributed by atoms with Crippen molar-refractivity contribution in [3.63, 3.8) is 0 Å². The summed E-state index contributed by atoms with van der Waals surface area (Å²) in [4.78, 5) is 10.7. The molecule has 0 atom stereocenters. The first-order valence-corrected chi connectivity index (χ1v) is 4.29. The fourth-order valence-corrected chi connectivity index (χ4v) is 1.47. The molecular weight excluding hydrogens is 238 g/mol. The van der Waals surface area contributed by atoms with Gasteiger partial charge in [-0.05, 0) is 12.1 Å². The maximum absolute atomic E-state index is 10.7. The number of hydrogen-bond donors (Lipinski definition) is 3. The third-order valence-electron chi connectivity index (χ3n) is 1.56. The number of nitrogens with one attached hydrogen (secondary N) is 1. The van der Waals surface area contributed by atoms with E-state index in [4.69, 9.17) is 5.11 Å². The van der Waals surface area contributed by atoms with Crippen molar-refractivity contribution in [1.29, 1.82) is 0 Å². The lowest BCUT2D eigenvalue weighted by molar-refractivity contribution is 0.0697. The lowest BCUT2D eigenvalue weighted by atomic mass is 10.1. The SMILES string of the molecule is CNc1c(O)cc(Br)cc1C(=O)O. The number of aromatic hydroxyl groups is 1. The molecule has 0 aliphatic carbocycles. The van der Waals surface area contributed by atoms with Gasteiger partial charge in [0.25, 0.3) is 0 Å². The Hall–Kier alpha value is -1.23. The standard InChI is InChI=1S/C8H8BrNO3/c1-10-7-5(8(12)13)2-4(9)3-6(7)11/h2-3,10-11H,1H3,(H,12,13). The molecular formula is C8H8BrNO3. The summed E-state index contributed by atoms with van der Waals surface area (Å²) >= 11 is 3.09. The first kappa shape index (κ1) is 9.85. The summed E-state index contributed by atoms with van der Waals surface area (Å²) in [6.07, 6.45) is 0. The molecule has 0 aliphatic rings. The second-order valence-electron chi connectivity index (χ2n) is 2.40. The van der Waals surface area contributed by atoms with Crippen LogP contribution in [-0.4, -0.2) is 23.2 Å². The summed E-state index contributed by atoms with van der Waals surface area (Å²) in [5.41, 5.74) is 0.255. The van der Waals surface area contributed by atoms with Gasteiger partial charge in [0.1, 0.15) is 5.75 Å². The summed E-state index contributed by atoms with van der Waals surface area (Å²) in [5.74, 6) is -1.17. The smallest absolute Gasteiger partial charge is 0.337 e. The molecule has 0 unspecified atom stereocenters. The van der Waals surface area contributed by atoms with Gasteiger partial charge in [-0.15, -0.1) is 0 Å². The molecule has 0 aromatic heterocycles. The third kappa shape index (κ3) is 1.92. The Kier molecular flexibility index (Phi) is 2.77. The number of phenols is 1. The summed E-state index contributed by atoms with van der Waals surface area (Å²) in [6.45, 7) is 0. The van der Waals surface area contributed by atoms with Gasteiger partial charge in [-0.3, -0.25) is 0 Å². The highest BCUT2D eigenvalue weighted by molar-refractivity contribution is 9.10. The first-order valence-electron chi connectivity index (χ1n) is 3.50.